The Labute approximate surface area is 198 Å². The van der Waals surface area contributed by atoms with Gasteiger partial charge in [0.05, 0.1) is 23.6 Å². The van der Waals surface area contributed by atoms with Crippen molar-refractivity contribution in [2.24, 2.45) is 0 Å². The number of halogens is 2. The van der Waals surface area contributed by atoms with E-state index in [9.17, 15) is 14.7 Å². The molecule has 166 valence electrons. The van der Waals surface area contributed by atoms with Crippen molar-refractivity contribution in [2.75, 3.05) is 11.5 Å². The molecule has 2 heterocycles. The van der Waals surface area contributed by atoms with Crippen molar-refractivity contribution in [3.05, 3.63) is 97.8 Å². The van der Waals surface area contributed by atoms with Crippen LogP contribution in [0.1, 0.15) is 34.6 Å². The maximum atomic E-state index is 13.6. The fraction of sp³-hybridized carbons (Fsp3) is 0.120. The van der Waals surface area contributed by atoms with Crippen LogP contribution in [0.15, 0.2) is 69.9 Å². The van der Waals surface area contributed by atoms with Crippen molar-refractivity contribution < 1.29 is 19.1 Å². The zero-order valence-corrected chi connectivity index (χ0v) is 18.9. The predicted octanol–water partition coefficient (Wildman–Crippen LogP) is 5.95. The van der Waals surface area contributed by atoms with E-state index in [4.69, 9.17) is 32.4 Å². The number of hydrogen-bond acceptors (Lipinski definition) is 5. The van der Waals surface area contributed by atoms with Crippen LogP contribution >= 0.6 is 23.2 Å². The molecule has 0 saturated heterocycles. The molecule has 8 heteroatoms. The van der Waals surface area contributed by atoms with Crippen LogP contribution in [-0.4, -0.2) is 17.6 Å². The number of benzene rings is 3. The number of aromatic hydroxyl groups is 1. The molecule has 1 atom stereocenters. The van der Waals surface area contributed by atoms with E-state index in [2.05, 4.69) is 0 Å². The maximum Gasteiger partial charge on any atom is 0.295 e. The Balaban J connectivity index is 1.81. The molecule has 1 aliphatic rings. The van der Waals surface area contributed by atoms with E-state index in [-0.39, 0.29) is 39.2 Å². The van der Waals surface area contributed by atoms with Gasteiger partial charge in [0, 0.05) is 15.7 Å². The van der Waals surface area contributed by atoms with Crippen molar-refractivity contribution in [3.8, 4) is 11.5 Å². The fourth-order valence-corrected chi connectivity index (χ4v) is 4.48. The van der Waals surface area contributed by atoms with E-state index in [1.165, 1.54) is 17.0 Å². The molecule has 0 spiro atoms. The smallest absolute Gasteiger partial charge is 0.295 e. The lowest BCUT2D eigenvalue weighted by Crippen LogP contribution is -2.29. The summed E-state index contributed by atoms with van der Waals surface area (Å²) in [4.78, 5) is 28.7. The Bertz CT molecular complexity index is 1480. The van der Waals surface area contributed by atoms with Gasteiger partial charge in [-0.15, -0.1) is 0 Å². The fourth-order valence-electron chi connectivity index (χ4n) is 4.12. The third kappa shape index (κ3) is 3.52. The summed E-state index contributed by atoms with van der Waals surface area (Å²) in [5.74, 6) is -0.324. The Morgan fingerprint density at radius 1 is 1.03 bits per heavy atom. The van der Waals surface area contributed by atoms with E-state index < -0.39 is 11.9 Å². The maximum absolute atomic E-state index is 13.6. The number of phenolic OH excluding ortho intramolecular Hbond substituents is 1. The van der Waals surface area contributed by atoms with E-state index in [1.54, 1.807) is 55.5 Å². The number of anilines is 1. The van der Waals surface area contributed by atoms with Crippen molar-refractivity contribution in [1.29, 1.82) is 0 Å². The van der Waals surface area contributed by atoms with Crippen LogP contribution in [0.25, 0.3) is 11.0 Å². The van der Waals surface area contributed by atoms with Crippen LogP contribution in [0.4, 0.5) is 5.69 Å². The number of nitrogens with zero attached hydrogens (tertiary/aromatic N) is 1. The summed E-state index contributed by atoms with van der Waals surface area (Å²) in [7, 11) is 0. The van der Waals surface area contributed by atoms with Gasteiger partial charge in [-0.1, -0.05) is 35.3 Å². The van der Waals surface area contributed by atoms with Gasteiger partial charge in [0.15, 0.2) is 16.9 Å². The molecule has 0 aliphatic carbocycles. The van der Waals surface area contributed by atoms with Gasteiger partial charge < -0.3 is 14.3 Å². The highest BCUT2D eigenvalue weighted by molar-refractivity contribution is 6.31. The van der Waals surface area contributed by atoms with Crippen molar-refractivity contribution in [1.82, 2.24) is 0 Å². The molecule has 1 aromatic heterocycles. The highest BCUT2D eigenvalue weighted by atomic mass is 35.5. The van der Waals surface area contributed by atoms with E-state index in [0.717, 1.165) is 0 Å². The summed E-state index contributed by atoms with van der Waals surface area (Å²) in [5, 5.41) is 11.3. The normalized spacial score (nSPS) is 15.2. The Morgan fingerprint density at radius 3 is 2.58 bits per heavy atom. The summed E-state index contributed by atoms with van der Waals surface area (Å²) in [6.07, 6.45) is 0. The third-order valence-corrected chi connectivity index (χ3v) is 5.99. The minimum Gasteiger partial charge on any atom is -0.504 e. The number of ether oxygens (including phenoxy) is 1. The quantitative estimate of drug-likeness (QED) is 0.389. The lowest BCUT2D eigenvalue weighted by Gasteiger charge is -2.26. The topological polar surface area (TPSA) is 80.0 Å². The summed E-state index contributed by atoms with van der Waals surface area (Å²) in [6, 6.07) is 15.4. The van der Waals surface area contributed by atoms with Crippen molar-refractivity contribution >= 4 is 45.8 Å². The Kier molecular flexibility index (Phi) is 5.27. The first-order chi connectivity index (χ1) is 15.9. The summed E-state index contributed by atoms with van der Waals surface area (Å²) >= 11 is 12.3. The molecule has 4 aromatic rings. The SMILES string of the molecule is CCOc1cc(C2c3c(oc4ccc(Cl)cc4c3=O)C(=O)N2c2cccc(Cl)c2)ccc1O. The average Bonchev–Trinajstić information content (AvgIpc) is 3.08. The number of hydrogen-bond donors (Lipinski definition) is 1. The Morgan fingerprint density at radius 2 is 1.82 bits per heavy atom. The van der Waals surface area contributed by atoms with Crippen molar-refractivity contribution in [2.45, 2.75) is 13.0 Å². The second-order valence-corrected chi connectivity index (χ2v) is 8.41. The van der Waals surface area contributed by atoms with Gasteiger partial charge in [0.2, 0.25) is 5.76 Å². The van der Waals surface area contributed by atoms with Gasteiger partial charge in [0.25, 0.3) is 5.91 Å². The summed E-state index contributed by atoms with van der Waals surface area (Å²) in [5.41, 5.74) is 1.16. The predicted molar refractivity (Wildman–Crippen MR) is 127 cm³/mol. The summed E-state index contributed by atoms with van der Waals surface area (Å²) < 4.78 is 11.5. The van der Waals surface area contributed by atoms with Gasteiger partial charge in [-0.2, -0.15) is 0 Å². The standard InChI is InChI=1S/C25H17Cl2NO5/c1-2-32-20-10-13(6-8-18(20)29)22-21-23(30)17-12-15(27)7-9-19(17)33-24(21)25(31)28(22)16-5-3-4-14(26)11-16/h3-12,22,29H,2H2,1H3. The van der Waals surface area contributed by atoms with Gasteiger partial charge in [-0.3, -0.25) is 14.5 Å². The third-order valence-electron chi connectivity index (χ3n) is 5.52. The van der Waals surface area contributed by atoms with Crippen LogP contribution < -0.4 is 15.1 Å². The number of fused-ring (bicyclic) bond motifs is 2. The van der Waals surface area contributed by atoms with E-state index in [1.807, 2.05) is 0 Å². The van der Waals surface area contributed by atoms with Crippen LogP contribution in [0.3, 0.4) is 0 Å². The molecule has 6 nitrogen and oxygen atoms in total. The summed E-state index contributed by atoms with van der Waals surface area (Å²) in [6.45, 7) is 2.13. The number of amides is 1. The molecule has 33 heavy (non-hydrogen) atoms. The lowest BCUT2D eigenvalue weighted by atomic mass is 9.97. The number of rotatable bonds is 4. The molecule has 1 amide bonds. The van der Waals surface area contributed by atoms with Crippen LogP contribution in [0, 0.1) is 0 Å². The van der Waals surface area contributed by atoms with Gasteiger partial charge >= 0.3 is 0 Å². The molecule has 0 saturated carbocycles. The number of carbonyl (C=O) groups is 1. The van der Waals surface area contributed by atoms with Gasteiger partial charge in [0.1, 0.15) is 5.58 Å². The highest BCUT2D eigenvalue weighted by Gasteiger charge is 2.44. The van der Waals surface area contributed by atoms with Gasteiger partial charge in [-0.25, -0.2) is 0 Å². The molecule has 1 N–H and O–H groups in total. The molecule has 0 radical (unpaired) electrons. The molecule has 1 unspecified atom stereocenters. The minimum atomic E-state index is -0.828. The minimum absolute atomic E-state index is 0.0446. The first-order valence-corrected chi connectivity index (χ1v) is 11.0. The molecule has 0 fully saturated rings. The molecule has 0 bridgehead atoms. The number of carbonyl (C=O) groups excluding carboxylic acids is 1. The van der Waals surface area contributed by atoms with Crippen LogP contribution in [-0.2, 0) is 0 Å². The van der Waals surface area contributed by atoms with E-state index >= 15 is 0 Å². The zero-order valence-electron chi connectivity index (χ0n) is 17.3. The number of phenols is 1. The molecule has 5 rings (SSSR count). The Hall–Kier alpha value is -3.48. The lowest BCUT2D eigenvalue weighted by molar-refractivity contribution is 0.0971. The first-order valence-electron chi connectivity index (χ1n) is 10.2. The second kappa shape index (κ2) is 8.14. The zero-order chi connectivity index (χ0) is 23.3. The van der Waals surface area contributed by atoms with E-state index in [0.29, 0.717) is 27.9 Å². The van der Waals surface area contributed by atoms with Crippen LogP contribution in [0.5, 0.6) is 11.5 Å². The average molecular weight is 482 g/mol. The van der Waals surface area contributed by atoms with Crippen LogP contribution in [0.2, 0.25) is 10.0 Å². The largest absolute Gasteiger partial charge is 0.504 e. The molecular weight excluding hydrogens is 465 g/mol. The monoisotopic (exact) mass is 481 g/mol. The second-order valence-electron chi connectivity index (χ2n) is 7.53. The molecule has 3 aromatic carbocycles. The van der Waals surface area contributed by atoms with Gasteiger partial charge in [-0.05, 0) is 61.0 Å². The van der Waals surface area contributed by atoms with Crippen molar-refractivity contribution in [3.63, 3.8) is 0 Å². The molecular formula is C25H17Cl2NO5. The highest BCUT2D eigenvalue weighted by Crippen LogP contribution is 2.43. The first kappa shape index (κ1) is 21.4. The molecule has 1 aliphatic heterocycles.